The van der Waals surface area contributed by atoms with Crippen LogP contribution in [0.3, 0.4) is 0 Å². The number of rotatable bonds is 5. The Bertz CT molecular complexity index is 574. The highest BCUT2D eigenvalue weighted by atomic mass is 16.7. The summed E-state index contributed by atoms with van der Waals surface area (Å²) in [7, 11) is -0.366. The van der Waals surface area contributed by atoms with Gasteiger partial charge in [0.05, 0.1) is 24.2 Å². The maximum Gasteiger partial charge on any atom is 0.494 e. The minimum absolute atomic E-state index is 0.148. The average molecular weight is 330 g/mol. The summed E-state index contributed by atoms with van der Waals surface area (Å²) in [6.07, 6.45) is 3.96. The molecule has 0 spiro atoms. The van der Waals surface area contributed by atoms with Gasteiger partial charge in [0.1, 0.15) is 0 Å². The average Bonchev–Trinajstić information content (AvgIpc) is 2.66. The van der Waals surface area contributed by atoms with Gasteiger partial charge in [-0.05, 0) is 57.5 Å². The van der Waals surface area contributed by atoms with E-state index in [-0.39, 0.29) is 24.3 Å². The lowest BCUT2D eigenvalue weighted by atomic mass is 9.79. The van der Waals surface area contributed by atoms with E-state index in [1.165, 1.54) is 19.3 Å². The zero-order valence-electron chi connectivity index (χ0n) is 15.1. The Morgan fingerprint density at radius 2 is 1.71 bits per heavy atom. The summed E-state index contributed by atoms with van der Waals surface area (Å²) >= 11 is 0. The molecule has 0 N–H and O–H groups in total. The molecule has 1 aromatic rings. The molecule has 1 aromatic carbocycles. The molecule has 2 fully saturated rings. The molecule has 1 saturated carbocycles. The van der Waals surface area contributed by atoms with Gasteiger partial charge in [0.25, 0.3) is 0 Å². The second kappa shape index (κ2) is 6.53. The molecule has 0 radical (unpaired) electrons. The van der Waals surface area contributed by atoms with E-state index in [4.69, 9.17) is 14.0 Å². The second-order valence-corrected chi connectivity index (χ2v) is 7.99. The molecular formula is C19H27BO4. The van der Waals surface area contributed by atoms with Gasteiger partial charge in [-0.1, -0.05) is 30.7 Å². The maximum atomic E-state index is 11.9. The fourth-order valence-corrected chi connectivity index (χ4v) is 2.86. The minimum Gasteiger partial charge on any atom is -0.465 e. The van der Waals surface area contributed by atoms with E-state index in [9.17, 15) is 4.79 Å². The lowest BCUT2D eigenvalue weighted by molar-refractivity contribution is -0.145. The van der Waals surface area contributed by atoms with Crippen molar-refractivity contribution in [2.75, 3.05) is 6.61 Å². The first-order valence-corrected chi connectivity index (χ1v) is 8.87. The molecule has 0 atom stereocenters. The number of esters is 1. The van der Waals surface area contributed by atoms with Gasteiger partial charge in [-0.15, -0.1) is 0 Å². The zero-order chi connectivity index (χ0) is 17.4. The van der Waals surface area contributed by atoms with E-state index in [0.717, 1.165) is 11.0 Å². The van der Waals surface area contributed by atoms with Crippen LogP contribution in [0, 0.1) is 5.92 Å². The van der Waals surface area contributed by atoms with Crippen molar-refractivity contribution in [1.82, 2.24) is 0 Å². The van der Waals surface area contributed by atoms with Gasteiger partial charge >= 0.3 is 13.1 Å². The summed E-state index contributed by atoms with van der Waals surface area (Å²) < 4.78 is 17.4. The van der Waals surface area contributed by atoms with Crippen molar-refractivity contribution in [2.45, 2.75) is 64.6 Å². The predicted molar refractivity (Wildman–Crippen MR) is 94.2 cm³/mol. The van der Waals surface area contributed by atoms with Gasteiger partial charge in [-0.3, -0.25) is 4.79 Å². The van der Waals surface area contributed by atoms with E-state index in [0.29, 0.717) is 18.9 Å². The van der Waals surface area contributed by atoms with Crippen molar-refractivity contribution in [3.05, 3.63) is 29.8 Å². The molecule has 0 bridgehead atoms. The Morgan fingerprint density at radius 1 is 1.12 bits per heavy atom. The van der Waals surface area contributed by atoms with Crippen LogP contribution in [0.25, 0.3) is 0 Å². The van der Waals surface area contributed by atoms with Crippen LogP contribution < -0.4 is 5.46 Å². The lowest BCUT2D eigenvalue weighted by Gasteiger charge is -2.32. The molecule has 0 unspecified atom stereocenters. The van der Waals surface area contributed by atoms with Gasteiger partial charge in [0.2, 0.25) is 0 Å². The summed E-state index contributed by atoms with van der Waals surface area (Å²) in [5, 5.41) is 0. The summed E-state index contributed by atoms with van der Waals surface area (Å²) in [5.74, 6) is 0.435. The van der Waals surface area contributed by atoms with Gasteiger partial charge in [0, 0.05) is 0 Å². The number of hydrogen-bond donors (Lipinski definition) is 0. The number of ether oxygens (including phenoxy) is 1. The highest BCUT2D eigenvalue weighted by Gasteiger charge is 2.51. The van der Waals surface area contributed by atoms with E-state index >= 15 is 0 Å². The molecule has 1 heterocycles. The molecular weight excluding hydrogens is 303 g/mol. The number of carbonyl (C=O) groups is 1. The van der Waals surface area contributed by atoms with Crippen LogP contribution in [-0.2, 0) is 25.3 Å². The van der Waals surface area contributed by atoms with Gasteiger partial charge in [0.15, 0.2) is 0 Å². The van der Waals surface area contributed by atoms with Crippen molar-refractivity contribution in [3.63, 3.8) is 0 Å². The van der Waals surface area contributed by atoms with Crippen molar-refractivity contribution < 1.29 is 18.8 Å². The monoisotopic (exact) mass is 330 g/mol. The van der Waals surface area contributed by atoms with Crippen LogP contribution in [0.4, 0.5) is 0 Å². The highest BCUT2D eigenvalue weighted by molar-refractivity contribution is 6.62. The van der Waals surface area contributed by atoms with Crippen molar-refractivity contribution in [3.8, 4) is 0 Å². The fourth-order valence-electron chi connectivity index (χ4n) is 2.86. The Hall–Kier alpha value is -1.33. The Labute approximate surface area is 145 Å². The molecule has 130 valence electrons. The molecule has 1 aliphatic heterocycles. The quantitative estimate of drug-likeness (QED) is 0.615. The van der Waals surface area contributed by atoms with E-state index in [1.807, 2.05) is 52.0 Å². The van der Waals surface area contributed by atoms with Crippen molar-refractivity contribution in [1.29, 1.82) is 0 Å². The zero-order valence-corrected chi connectivity index (χ0v) is 15.1. The third kappa shape index (κ3) is 3.67. The van der Waals surface area contributed by atoms with E-state index in [1.54, 1.807) is 0 Å². The maximum absolute atomic E-state index is 11.9. The fraction of sp³-hybridized carbons (Fsp3) is 0.632. The third-order valence-electron chi connectivity index (χ3n) is 5.56. The number of hydrogen-bond acceptors (Lipinski definition) is 4. The number of benzene rings is 1. The largest absolute Gasteiger partial charge is 0.494 e. The molecule has 0 aromatic heterocycles. The lowest BCUT2D eigenvalue weighted by Crippen LogP contribution is -2.41. The molecule has 24 heavy (non-hydrogen) atoms. The number of carbonyl (C=O) groups excluding carboxylic acids is 1. The van der Waals surface area contributed by atoms with Crippen LogP contribution in [0.2, 0.25) is 0 Å². The summed E-state index contributed by atoms with van der Waals surface area (Å²) in [6.45, 7) is 8.74. The molecule has 1 saturated heterocycles. The molecule has 5 heteroatoms. The smallest absolute Gasteiger partial charge is 0.465 e. The SMILES string of the molecule is CC1(C)OB(c2ccc(CC(=O)OCC3CCC3)cc2)OC1(C)C. The van der Waals surface area contributed by atoms with Crippen LogP contribution in [0.5, 0.6) is 0 Å². The topological polar surface area (TPSA) is 44.8 Å². The molecule has 2 aliphatic rings. The Kier molecular flexibility index (Phi) is 4.76. The van der Waals surface area contributed by atoms with Crippen LogP contribution in [0.1, 0.15) is 52.5 Å². The standard InChI is InChI=1S/C19H27BO4/c1-18(2)19(3,4)24-20(23-18)16-10-8-14(9-11-16)12-17(21)22-13-15-6-5-7-15/h8-11,15H,5-7,12-13H2,1-4H3. The minimum atomic E-state index is -0.366. The predicted octanol–water partition coefficient (Wildman–Crippen LogP) is 2.87. The third-order valence-corrected chi connectivity index (χ3v) is 5.56. The normalized spacial score (nSPS) is 22.2. The van der Waals surface area contributed by atoms with E-state index in [2.05, 4.69) is 0 Å². The highest BCUT2D eigenvalue weighted by Crippen LogP contribution is 2.36. The molecule has 1 aliphatic carbocycles. The van der Waals surface area contributed by atoms with Crippen molar-refractivity contribution >= 4 is 18.6 Å². The van der Waals surface area contributed by atoms with Gasteiger partial charge in [-0.25, -0.2) is 0 Å². The van der Waals surface area contributed by atoms with Crippen LogP contribution >= 0.6 is 0 Å². The van der Waals surface area contributed by atoms with Gasteiger partial charge < -0.3 is 14.0 Å². The van der Waals surface area contributed by atoms with Crippen molar-refractivity contribution in [2.24, 2.45) is 5.92 Å². The summed E-state index contributed by atoms with van der Waals surface area (Å²) in [6, 6.07) is 7.84. The Morgan fingerprint density at radius 3 is 2.21 bits per heavy atom. The van der Waals surface area contributed by atoms with Gasteiger partial charge in [-0.2, -0.15) is 0 Å². The van der Waals surface area contributed by atoms with Crippen LogP contribution in [0.15, 0.2) is 24.3 Å². The molecule has 0 amide bonds. The summed E-state index contributed by atoms with van der Waals surface area (Å²) in [4.78, 5) is 11.9. The van der Waals surface area contributed by atoms with E-state index < -0.39 is 0 Å². The second-order valence-electron chi connectivity index (χ2n) is 7.99. The molecule has 3 rings (SSSR count). The van der Waals surface area contributed by atoms with Crippen LogP contribution in [-0.4, -0.2) is 30.9 Å². The first-order chi connectivity index (χ1) is 11.3. The summed E-state index contributed by atoms with van der Waals surface area (Å²) in [5.41, 5.74) is 1.23. The molecule has 4 nitrogen and oxygen atoms in total. The first kappa shape index (κ1) is 17.5. The first-order valence-electron chi connectivity index (χ1n) is 8.87. The Balaban J connectivity index is 1.54.